The van der Waals surface area contributed by atoms with E-state index in [9.17, 15) is 9.18 Å². The van der Waals surface area contributed by atoms with Gasteiger partial charge in [0.15, 0.2) is 0 Å². The Morgan fingerprint density at radius 2 is 1.91 bits per heavy atom. The number of aryl methyl sites for hydroxylation is 1. The molecule has 0 aliphatic carbocycles. The molecule has 2 aromatic carbocycles. The van der Waals surface area contributed by atoms with E-state index in [4.69, 9.17) is 5.26 Å². The number of rotatable bonds is 8. The molecule has 2 aromatic heterocycles. The predicted octanol–water partition coefficient (Wildman–Crippen LogP) is 4.57. The minimum absolute atomic E-state index is 0.223. The lowest BCUT2D eigenvalue weighted by molar-refractivity contribution is -0.118. The Morgan fingerprint density at radius 3 is 2.54 bits per heavy atom. The molecule has 0 fully saturated rings. The molecule has 35 heavy (non-hydrogen) atoms. The summed E-state index contributed by atoms with van der Waals surface area (Å²) in [6, 6.07) is 18.7. The number of amides is 1. The van der Waals surface area contributed by atoms with Gasteiger partial charge in [-0.05, 0) is 41.3 Å². The van der Waals surface area contributed by atoms with Crippen molar-refractivity contribution in [2.24, 2.45) is 7.05 Å². The molecular formula is C27H25FN6O. The van der Waals surface area contributed by atoms with E-state index in [0.29, 0.717) is 17.9 Å². The largest absolute Gasteiger partial charge is 0.309 e. The molecule has 0 spiro atoms. The number of pyridine rings is 1. The first kappa shape index (κ1) is 23.8. The van der Waals surface area contributed by atoms with Crippen LogP contribution in [0.3, 0.4) is 0 Å². The van der Waals surface area contributed by atoms with Crippen LogP contribution in [0, 0.1) is 17.1 Å². The number of nitrogens with zero attached hydrogens (tertiary/aromatic N) is 4. The third kappa shape index (κ3) is 5.78. The summed E-state index contributed by atoms with van der Waals surface area (Å²) in [6.07, 6.45) is 5.33. The molecule has 0 aliphatic rings. The number of benzene rings is 2. The molecule has 0 unspecified atom stereocenters. The van der Waals surface area contributed by atoms with Crippen LogP contribution in [0.15, 0.2) is 79.3 Å². The van der Waals surface area contributed by atoms with Gasteiger partial charge in [0, 0.05) is 37.1 Å². The highest BCUT2D eigenvalue weighted by Gasteiger charge is 2.22. The number of aromatic nitrogens is 3. The van der Waals surface area contributed by atoms with E-state index >= 15 is 0 Å². The van der Waals surface area contributed by atoms with Crippen molar-refractivity contribution in [3.8, 4) is 17.2 Å². The first-order chi connectivity index (χ1) is 16.9. The minimum atomic E-state index is -0.667. The average Bonchev–Trinajstić information content (AvgIpc) is 3.31. The van der Waals surface area contributed by atoms with Gasteiger partial charge in [-0.2, -0.15) is 10.4 Å². The van der Waals surface area contributed by atoms with Gasteiger partial charge in [-0.3, -0.25) is 9.48 Å². The topological polar surface area (TPSA) is 95.6 Å². The number of hydrogen-bond donors (Lipinski definition) is 2. The van der Waals surface area contributed by atoms with Gasteiger partial charge < -0.3 is 10.6 Å². The van der Waals surface area contributed by atoms with Gasteiger partial charge in [-0.25, -0.2) is 9.37 Å². The number of halogens is 1. The number of carbonyl (C=O) groups is 1. The second-order valence-electron chi connectivity index (χ2n) is 8.33. The molecule has 4 rings (SSSR count). The Kier molecular flexibility index (Phi) is 7.29. The second kappa shape index (κ2) is 10.7. The van der Waals surface area contributed by atoms with E-state index in [1.54, 1.807) is 35.3 Å². The molecule has 2 heterocycles. The monoisotopic (exact) mass is 468 g/mol. The fourth-order valence-electron chi connectivity index (χ4n) is 3.82. The Bertz CT molecular complexity index is 1340. The van der Waals surface area contributed by atoms with Crippen LogP contribution < -0.4 is 10.6 Å². The maximum Gasteiger partial charge on any atom is 0.247 e. The zero-order chi connectivity index (χ0) is 24.8. The summed E-state index contributed by atoms with van der Waals surface area (Å²) in [4.78, 5) is 17.6. The number of nitriles is 1. The minimum Gasteiger partial charge on any atom is -0.309 e. The molecule has 176 valence electrons. The number of carbonyl (C=O) groups excluding carboxylic acids is 1. The van der Waals surface area contributed by atoms with Crippen molar-refractivity contribution in [3.05, 3.63) is 102 Å². The first-order valence-corrected chi connectivity index (χ1v) is 11.2. The molecule has 8 heteroatoms. The van der Waals surface area contributed by atoms with Crippen molar-refractivity contribution in [2.45, 2.75) is 18.9 Å². The summed E-state index contributed by atoms with van der Waals surface area (Å²) in [5, 5.41) is 19.3. The van der Waals surface area contributed by atoms with E-state index < -0.39 is 11.9 Å². The molecule has 0 saturated heterocycles. The fraction of sp³-hybridized carbons (Fsp3) is 0.185. The van der Waals surface area contributed by atoms with Gasteiger partial charge in [0.1, 0.15) is 17.7 Å². The summed E-state index contributed by atoms with van der Waals surface area (Å²) in [5.74, 6) is -0.502. The van der Waals surface area contributed by atoms with Crippen LogP contribution in [0.1, 0.15) is 35.6 Å². The molecule has 2 atom stereocenters. The quantitative estimate of drug-likeness (QED) is 0.395. The molecule has 7 nitrogen and oxygen atoms in total. The summed E-state index contributed by atoms with van der Waals surface area (Å²) >= 11 is 0. The second-order valence-corrected chi connectivity index (χ2v) is 8.33. The molecule has 1 amide bonds. The van der Waals surface area contributed by atoms with E-state index in [1.165, 1.54) is 6.07 Å². The van der Waals surface area contributed by atoms with Crippen molar-refractivity contribution >= 4 is 11.7 Å². The van der Waals surface area contributed by atoms with Gasteiger partial charge in [-0.1, -0.05) is 43.3 Å². The molecule has 0 radical (unpaired) electrons. The fourth-order valence-corrected chi connectivity index (χ4v) is 3.82. The average molecular weight is 469 g/mol. The molecular weight excluding hydrogens is 443 g/mol. The Labute approximate surface area is 203 Å². The zero-order valence-electron chi connectivity index (χ0n) is 19.4. The Morgan fingerprint density at radius 1 is 1.11 bits per heavy atom. The zero-order valence-corrected chi connectivity index (χ0v) is 19.4. The SMILES string of the molecule is C[C@H](CN[C@@H](C(=O)Nc1ccc(-c2cnn(C)c2)cn1)c1ccccc1)c1ccc(C#N)cc1F. The summed E-state index contributed by atoms with van der Waals surface area (Å²) in [6.45, 7) is 2.22. The van der Waals surface area contributed by atoms with Crippen LogP contribution in [0.5, 0.6) is 0 Å². The summed E-state index contributed by atoms with van der Waals surface area (Å²) in [7, 11) is 1.85. The predicted molar refractivity (Wildman–Crippen MR) is 132 cm³/mol. The van der Waals surface area contributed by atoms with Crippen LogP contribution in [0.25, 0.3) is 11.1 Å². The lowest BCUT2D eigenvalue weighted by Crippen LogP contribution is -2.35. The smallest absolute Gasteiger partial charge is 0.247 e. The van der Waals surface area contributed by atoms with E-state index in [2.05, 4.69) is 20.7 Å². The molecule has 0 saturated carbocycles. The molecule has 2 N–H and O–H groups in total. The third-order valence-corrected chi connectivity index (χ3v) is 5.74. The van der Waals surface area contributed by atoms with Crippen molar-refractivity contribution in [1.82, 2.24) is 20.1 Å². The number of hydrogen-bond acceptors (Lipinski definition) is 5. The van der Waals surface area contributed by atoms with Crippen molar-refractivity contribution in [1.29, 1.82) is 5.26 Å². The van der Waals surface area contributed by atoms with E-state index in [0.717, 1.165) is 16.7 Å². The number of anilines is 1. The first-order valence-electron chi connectivity index (χ1n) is 11.2. The highest BCUT2D eigenvalue weighted by molar-refractivity contribution is 5.95. The van der Waals surface area contributed by atoms with Gasteiger partial charge >= 0.3 is 0 Å². The van der Waals surface area contributed by atoms with Gasteiger partial charge in [0.2, 0.25) is 5.91 Å². The van der Waals surface area contributed by atoms with Gasteiger partial charge in [0.05, 0.1) is 17.8 Å². The molecule has 4 aromatic rings. The maximum absolute atomic E-state index is 14.5. The molecule has 0 aliphatic heterocycles. The Hall–Kier alpha value is -4.35. The maximum atomic E-state index is 14.5. The van der Waals surface area contributed by atoms with Gasteiger partial charge in [0.25, 0.3) is 0 Å². The highest BCUT2D eigenvalue weighted by Crippen LogP contribution is 2.23. The standard InChI is InChI=1S/C27H25FN6O/c1-18(23-10-8-19(13-29)12-24(23)28)14-31-26(20-6-4-3-5-7-20)27(35)33-25-11-9-21(15-30-25)22-16-32-34(2)17-22/h3-12,15-18,26,31H,14H2,1-2H3,(H,30,33,35)/t18-,26-/m1/s1. The normalized spacial score (nSPS) is 12.5. The number of nitrogens with one attached hydrogen (secondary N) is 2. The summed E-state index contributed by atoms with van der Waals surface area (Å²) in [5.41, 5.74) is 3.37. The lowest BCUT2D eigenvalue weighted by atomic mass is 9.98. The summed E-state index contributed by atoms with van der Waals surface area (Å²) < 4.78 is 16.2. The van der Waals surface area contributed by atoms with Crippen molar-refractivity contribution in [3.63, 3.8) is 0 Å². The third-order valence-electron chi connectivity index (χ3n) is 5.74. The van der Waals surface area contributed by atoms with Gasteiger partial charge in [-0.15, -0.1) is 0 Å². The van der Waals surface area contributed by atoms with Crippen LogP contribution in [0.4, 0.5) is 10.2 Å². The van der Waals surface area contributed by atoms with Crippen LogP contribution in [-0.4, -0.2) is 27.2 Å². The van der Waals surface area contributed by atoms with E-state index in [-0.39, 0.29) is 17.4 Å². The van der Waals surface area contributed by atoms with Crippen LogP contribution in [0.2, 0.25) is 0 Å². The van der Waals surface area contributed by atoms with Crippen molar-refractivity contribution in [2.75, 3.05) is 11.9 Å². The van der Waals surface area contributed by atoms with E-state index in [1.807, 2.05) is 62.6 Å². The van der Waals surface area contributed by atoms with Crippen molar-refractivity contribution < 1.29 is 9.18 Å². The Balaban J connectivity index is 1.48. The molecule has 0 bridgehead atoms. The lowest BCUT2D eigenvalue weighted by Gasteiger charge is -2.21. The van der Waals surface area contributed by atoms with Crippen LogP contribution >= 0.6 is 0 Å². The highest BCUT2D eigenvalue weighted by atomic mass is 19.1. The van der Waals surface area contributed by atoms with Crippen LogP contribution in [-0.2, 0) is 11.8 Å².